The van der Waals surface area contributed by atoms with Crippen molar-refractivity contribution in [3.63, 3.8) is 0 Å². The van der Waals surface area contributed by atoms with Crippen LogP contribution >= 0.6 is 11.8 Å². The lowest BCUT2D eigenvalue weighted by atomic mass is 10.0. The van der Waals surface area contributed by atoms with Crippen LogP contribution in [0.2, 0.25) is 0 Å². The molecule has 0 aromatic heterocycles. The average Bonchev–Trinajstić information content (AvgIpc) is 2.41. The minimum absolute atomic E-state index is 0.460. The molecule has 0 aliphatic heterocycles. The van der Waals surface area contributed by atoms with E-state index >= 15 is 0 Å². The van der Waals surface area contributed by atoms with Crippen molar-refractivity contribution < 1.29 is 0 Å². The van der Waals surface area contributed by atoms with E-state index in [1.54, 1.807) is 0 Å². The van der Waals surface area contributed by atoms with E-state index in [-0.39, 0.29) is 0 Å². The first-order chi connectivity index (χ1) is 9.08. The Morgan fingerprint density at radius 1 is 1.11 bits per heavy atom. The van der Waals surface area contributed by atoms with E-state index in [1.165, 1.54) is 24.0 Å². The summed E-state index contributed by atoms with van der Waals surface area (Å²) < 4.78 is 0. The number of nitrogens with one attached hydrogen (secondary N) is 1. The van der Waals surface area contributed by atoms with Crippen molar-refractivity contribution in [1.29, 1.82) is 0 Å². The van der Waals surface area contributed by atoms with Crippen molar-refractivity contribution in [3.8, 4) is 0 Å². The third kappa shape index (κ3) is 5.58. The van der Waals surface area contributed by atoms with E-state index in [1.807, 2.05) is 0 Å². The zero-order valence-corrected chi connectivity index (χ0v) is 13.9. The van der Waals surface area contributed by atoms with Gasteiger partial charge in [-0.05, 0) is 30.5 Å². The number of rotatable bonds is 8. The molecule has 0 heterocycles. The van der Waals surface area contributed by atoms with Crippen LogP contribution in [0.25, 0.3) is 0 Å². The Morgan fingerprint density at radius 3 is 2.21 bits per heavy atom. The monoisotopic (exact) mass is 279 g/mol. The third-order valence-electron chi connectivity index (χ3n) is 3.73. The summed E-state index contributed by atoms with van der Waals surface area (Å²) in [5.74, 6) is 1.89. The molecule has 2 heteroatoms. The van der Waals surface area contributed by atoms with Gasteiger partial charge in [0, 0.05) is 17.0 Å². The van der Waals surface area contributed by atoms with Gasteiger partial charge in [0.05, 0.1) is 0 Å². The molecule has 108 valence electrons. The quantitative estimate of drug-likeness (QED) is 0.741. The van der Waals surface area contributed by atoms with Crippen LogP contribution < -0.4 is 5.32 Å². The molecule has 0 saturated heterocycles. The second-order valence-electron chi connectivity index (χ2n) is 5.62. The Hall–Kier alpha value is -0.470. The number of hydrogen-bond acceptors (Lipinski definition) is 2. The fraction of sp³-hybridized carbons (Fsp3) is 0.647. The first-order valence-corrected chi connectivity index (χ1v) is 8.51. The molecule has 1 nitrogen and oxygen atoms in total. The first kappa shape index (κ1) is 16.6. The lowest BCUT2D eigenvalue weighted by molar-refractivity contribution is 0.629. The molecule has 0 bridgehead atoms. The SMILES string of the molecule is CCCc1ccc(C(CSC(C)C(C)C)NC)cc1. The van der Waals surface area contributed by atoms with Crippen LogP contribution in [0.4, 0.5) is 0 Å². The lowest BCUT2D eigenvalue weighted by Gasteiger charge is -2.21. The third-order valence-corrected chi connectivity index (χ3v) is 5.33. The highest BCUT2D eigenvalue weighted by atomic mass is 32.2. The molecule has 2 unspecified atom stereocenters. The van der Waals surface area contributed by atoms with Crippen molar-refractivity contribution in [2.75, 3.05) is 12.8 Å². The standard InChI is InChI=1S/C17H29NS/c1-6-7-15-8-10-16(11-9-15)17(18-5)12-19-14(4)13(2)3/h8-11,13-14,17-18H,6-7,12H2,1-5H3. The Bertz CT molecular complexity index is 345. The maximum absolute atomic E-state index is 3.44. The van der Waals surface area contributed by atoms with Crippen LogP contribution in [0.1, 0.15) is 51.3 Å². The summed E-state index contributed by atoms with van der Waals surface area (Å²) >= 11 is 2.06. The van der Waals surface area contributed by atoms with Gasteiger partial charge in [-0.2, -0.15) is 11.8 Å². The maximum atomic E-state index is 3.44. The van der Waals surface area contributed by atoms with Crippen molar-refractivity contribution in [1.82, 2.24) is 5.32 Å². The molecule has 0 saturated carbocycles. The Kier molecular flexibility index (Phi) is 7.55. The number of benzene rings is 1. The predicted octanol–water partition coefficient (Wildman–Crippen LogP) is 4.68. The molecular formula is C17H29NS. The molecule has 0 radical (unpaired) electrons. The second-order valence-corrected chi connectivity index (χ2v) is 7.03. The van der Waals surface area contributed by atoms with Crippen LogP contribution in [-0.2, 0) is 6.42 Å². The predicted molar refractivity (Wildman–Crippen MR) is 89.0 cm³/mol. The van der Waals surface area contributed by atoms with Gasteiger partial charge in [-0.3, -0.25) is 0 Å². The van der Waals surface area contributed by atoms with E-state index in [2.05, 4.69) is 76.1 Å². The molecule has 0 amide bonds. The van der Waals surface area contributed by atoms with Crippen molar-refractivity contribution in [2.45, 2.75) is 51.8 Å². The summed E-state index contributed by atoms with van der Waals surface area (Å²) in [4.78, 5) is 0. The van der Waals surface area contributed by atoms with E-state index in [0.717, 1.165) is 16.9 Å². The van der Waals surface area contributed by atoms with Crippen molar-refractivity contribution in [3.05, 3.63) is 35.4 Å². The fourth-order valence-corrected chi connectivity index (χ4v) is 3.23. The van der Waals surface area contributed by atoms with E-state index in [9.17, 15) is 0 Å². The second kappa shape index (κ2) is 8.65. The van der Waals surface area contributed by atoms with Crippen LogP contribution in [0.5, 0.6) is 0 Å². The fourth-order valence-electron chi connectivity index (χ4n) is 1.99. The van der Waals surface area contributed by atoms with Gasteiger partial charge in [-0.1, -0.05) is 58.4 Å². The summed E-state index contributed by atoms with van der Waals surface area (Å²) in [5.41, 5.74) is 2.86. The van der Waals surface area contributed by atoms with Gasteiger partial charge in [0.1, 0.15) is 0 Å². The van der Waals surface area contributed by atoms with E-state index < -0.39 is 0 Å². The number of aryl methyl sites for hydroxylation is 1. The van der Waals surface area contributed by atoms with Gasteiger partial charge < -0.3 is 5.32 Å². The first-order valence-electron chi connectivity index (χ1n) is 7.46. The van der Waals surface area contributed by atoms with Crippen LogP contribution in [0.3, 0.4) is 0 Å². The summed E-state index contributed by atoms with van der Waals surface area (Å²) in [6, 6.07) is 9.58. The van der Waals surface area contributed by atoms with Gasteiger partial charge in [-0.15, -0.1) is 0 Å². The molecule has 1 aromatic carbocycles. The molecule has 0 fully saturated rings. The van der Waals surface area contributed by atoms with Gasteiger partial charge in [0.15, 0.2) is 0 Å². The summed E-state index contributed by atoms with van der Waals surface area (Å²) in [6.07, 6.45) is 2.40. The normalized spacial score (nSPS) is 14.6. The number of thioether (sulfide) groups is 1. The molecule has 0 aliphatic carbocycles. The zero-order valence-electron chi connectivity index (χ0n) is 13.1. The molecular weight excluding hydrogens is 250 g/mol. The largest absolute Gasteiger partial charge is 0.312 e. The molecule has 1 aromatic rings. The number of hydrogen-bond donors (Lipinski definition) is 1. The van der Waals surface area contributed by atoms with E-state index in [0.29, 0.717) is 6.04 Å². The molecule has 2 atom stereocenters. The smallest absolute Gasteiger partial charge is 0.0409 e. The molecule has 1 N–H and O–H groups in total. The highest BCUT2D eigenvalue weighted by Gasteiger charge is 2.13. The zero-order chi connectivity index (χ0) is 14.3. The molecule has 0 aliphatic rings. The topological polar surface area (TPSA) is 12.0 Å². The molecule has 0 spiro atoms. The summed E-state index contributed by atoms with van der Waals surface area (Å²) in [7, 11) is 2.06. The minimum atomic E-state index is 0.460. The minimum Gasteiger partial charge on any atom is -0.312 e. The van der Waals surface area contributed by atoms with Crippen LogP contribution in [0.15, 0.2) is 24.3 Å². The van der Waals surface area contributed by atoms with Crippen molar-refractivity contribution in [2.24, 2.45) is 5.92 Å². The Morgan fingerprint density at radius 2 is 1.74 bits per heavy atom. The Labute approximate surface area is 123 Å². The van der Waals surface area contributed by atoms with Gasteiger partial charge in [0.2, 0.25) is 0 Å². The van der Waals surface area contributed by atoms with E-state index in [4.69, 9.17) is 0 Å². The molecule has 1 rings (SSSR count). The highest BCUT2D eigenvalue weighted by Crippen LogP contribution is 2.25. The summed E-state index contributed by atoms with van der Waals surface area (Å²) in [6.45, 7) is 9.15. The lowest BCUT2D eigenvalue weighted by Crippen LogP contribution is -2.20. The Balaban J connectivity index is 2.58. The van der Waals surface area contributed by atoms with Gasteiger partial charge >= 0.3 is 0 Å². The van der Waals surface area contributed by atoms with Gasteiger partial charge in [0.25, 0.3) is 0 Å². The summed E-state index contributed by atoms with van der Waals surface area (Å²) in [5, 5.41) is 4.16. The molecule has 19 heavy (non-hydrogen) atoms. The van der Waals surface area contributed by atoms with Crippen molar-refractivity contribution >= 4 is 11.8 Å². The highest BCUT2D eigenvalue weighted by molar-refractivity contribution is 7.99. The average molecular weight is 279 g/mol. The van der Waals surface area contributed by atoms with Crippen LogP contribution in [0, 0.1) is 5.92 Å². The van der Waals surface area contributed by atoms with Gasteiger partial charge in [-0.25, -0.2) is 0 Å². The maximum Gasteiger partial charge on any atom is 0.0409 e. The van der Waals surface area contributed by atoms with Crippen LogP contribution in [-0.4, -0.2) is 18.1 Å².